The summed E-state index contributed by atoms with van der Waals surface area (Å²) in [5.41, 5.74) is 0. The Morgan fingerprint density at radius 3 is 2.72 bits per heavy atom. The molecule has 1 aromatic heterocycles. The summed E-state index contributed by atoms with van der Waals surface area (Å²) in [5, 5.41) is 3.63. The van der Waals surface area contributed by atoms with Crippen LogP contribution in [0.4, 0.5) is 0 Å². The summed E-state index contributed by atoms with van der Waals surface area (Å²) in [6.45, 7) is 5.51. The highest BCUT2D eigenvalue weighted by atomic mass is 16.3. The van der Waals surface area contributed by atoms with Crippen LogP contribution in [0.2, 0.25) is 0 Å². The summed E-state index contributed by atoms with van der Waals surface area (Å²) in [4.78, 5) is 0. The minimum atomic E-state index is 0.626. The van der Waals surface area contributed by atoms with E-state index in [1.807, 2.05) is 0 Å². The van der Waals surface area contributed by atoms with Gasteiger partial charge >= 0.3 is 0 Å². The highest BCUT2D eigenvalue weighted by Crippen LogP contribution is 2.47. The Bertz CT molecular complexity index is 392. The second-order valence-corrected chi connectivity index (χ2v) is 6.34. The fourth-order valence-electron chi connectivity index (χ4n) is 3.29. The topological polar surface area (TPSA) is 25.2 Å². The molecular formula is C16H25NO. The standard InChI is InChI=1S/C16H25NO/c1-11-9-15(11)16-8-7-14(18-16)10-17-12(2)13-5-3-4-6-13/h7-8,11-13,15,17H,3-6,9-10H2,1-2H3. The molecule has 1 aromatic rings. The van der Waals surface area contributed by atoms with Crippen molar-refractivity contribution in [1.82, 2.24) is 5.32 Å². The van der Waals surface area contributed by atoms with E-state index in [2.05, 4.69) is 31.3 Å². The van der Waals surface area contributed by atoms with Gasteiger partial charge < -0.3 is 9.73 Å². The van der Waals surface area contributed by atoms with E-state index in [-0.39, 0.29) is 0 Å². The van der Waals surface area contributed by atoms with Crippen molar-refractivity contribution in [2.24, 2.45) is 11.8 Å². The average molecular weight is 247 g/mol. The van der Waals surface area contributed by atoms with Crippen LogP contribution < -0.4 is 5.32 Å². The maximum Gasteiger partial charge on any atom is 0.117 e. The van der Waals surface area contributed by atoms with Crippen LogP contribution in [0.25, 0.3) is 0 Å². The molecule has 0 saturated heterocycles. The molecule has 3 rings (SSSR count). The number of rotatable bonds is 5. The molecule has 2 saturated carbocycles. The van der Waals surface area contributed by atoms with Gasteiger partial charge in [0.2, 0.25) is 0 Å². The summed E-state index contributed by atoms with van der Waals surface area (Å²) >= 11 is 0. The fraction of sp³-hybridized carbons (Fsp3) is 0.750. The van der Waals surface area contributed by atoms with Crippen LogP contribution >= 0.6 is 0 Å². The zero-order valence-electron chi connectivity index (χ0n) is 11.6. The minimum absolute atomic E-state index is 0.626. The first-order valence-electron chi connectivity index (χ1n) is 7.56. The van der Waals surface area contributed by atoms with Gasteiger partial charge in [0.15, 0.2) is 0 Å². The van der Waals surface area contributed by atoms with Crippen molar-refractivity contribution in [2.45, 2.75) is 64.5 Å². The lowest BCUT2D eigenvalue weighted by Gasteiger charge is -2.19. The van der Waals surface area contributed by atoms with Gasteiger partial charge in [-0.25, -0.2) is 0 Å². The molecular weight excluding hydrogens is 222 g/mol. The Balaban J connectivity index is 1.48. The molecule has 2 aliphatic rings. The first kappa shape index (κ1) is 12.3. The lowest BCUT2D eigenvalue weighted by molar-refractivity contribution is 0.357. The molecule has 100 valence electrons. The third-order valence-electron chi connectivity index (χ3n) is 4.86. The van der Waals surface area contributed by atoms with E-state index in [1.54, 1.807) is 0 Å². The van der Waals surface area contributed by atoms with Crippen molar-refractivity contribution in [1.29, 1.82) is 0 Å². The molecule has 3 atom stereocenters. The van der Waals surface area contributed by atoms with E-state index in [0.717, 1.165) is 24.1 Å². The number of hydrogen-bond acceptors (Lipinski definition) is 2. The molecule has 1 N–H and O–H groups in total. The van der Waals surface area contributed by atoms with E-state index in [9.17, 15) is 0 Å². The van der Waals surface area contributed by atoms with Crippen LogP contribution in [0, 0.1) is 11.8 Å². The quantitative estimate of drug-likeness (QED) is 0.848. The smallest absolute Gasteiger partial charge is 0.117 e. The highest BCUT2D eigenvalue weighted by Gasteiger charge is 2.36. The Morgan fingerprint density at radius 1 is 1.33 bits per heavy atom. The second kappa shape index (κ2) is 5.08. The molecule has 1 heterocycles. The summed E-state index contributed by atoms with van der Waals surface area (Å²) < 4.78 is 5.93. The molecule has 2 fully saturated rings. The summed E-state index contributed by atoms with van der Waals surface area (Å²) in [7, 11) is 0. The van der Waals surface area contributed by atoms with Gasteiger partial charge in [-0.1, -0.05) is 19.8 Å². The number of hydrogen-bond donors (Lipinski definition) is 1. The van der Waals surface area contributed by atoms with E-state index in [1.165, 1.54) is 37.9 Å². The van der Waals surface area contributed by atoms with Crippen molar-refractivity contribution in [3.8, 4) is 0 Å². The molecule has 3 unspecified atom stereocenters. The molecule has 0 amide bonds. The molecule has 0 radical (unpaired) electrons. The van der Waals surface area contributed by atoms with Crippen molar-refractivity contribution in [3.63, 3.8) is 0 Å². The van der Waals surface area contributed by atoms with Crippen LogP contribution in [-0.2, 0) is 6.54 Å². The fourth-order valence-corrected chi connectivity index (χ4v) is 3.29. The van der Waals surface area contributed by atoms with Crippen LogP contribution in [0.15, 0.2) is 16.5 Å². The monoisotopic (exact) mass is 247 g/mol. The molecule has 0 aromatic carbocycles. The predicted octanol–water partition coefficient (Wildman–Crippen LogP) is 4.07. The summed E-state index contributed by atoms with van der Waals surface area (Å²) in [5.74, 6) is 4.71. The first-order valence-corrected chi connectivity index (χ1v) is 7.56. The van der Waals surface area contributed by atoms with Gasteiger partial charge in [0.05, 0.1) is 6.54 Å². The maximum atomic E-state index is 5.93. The van der Waals surface area contributed by atoms with E-state index >= 15 is 0 Å². The van der Waals surface area contributed by atoms with Gasteiger partial charge in [-0.3, -0.25) is 0 Å². The van der Waals surface area contributed by atoms with Crippen molar-refractivity contribution < 1.29 is 4.42 Å². The number of nitrogens with one attached hydrogen (secondary N) is 1. The van der Waals surface area contributed by atoms with E-state index in [0.29, 0.717) is 12.0 Å². The molecule has 0 bridgehead atoms. The van der Waals surface area contributed by atoms with Gasteiger partial charge in [-0.2, -0.15) is 0 Å². The van der Waals surface area contributed by atoms with Gasteiger partial charge in [-0.05, 0) is 50.2 Å². The Labute approximate surface area is 110 Å². The summed E-state index contributed by atoms with van der Waals surface area (Å²) in [6, 6.07) is 4.95. The molecule has 2 aliphatic carbocycles. The lowest BCUT2D eigenvalue weighted by Crippen LogP contribution is -2.31. The van der Waals surface area contributed by atoms with Gasteiger partial charge in [0, 0.05) is 12.0 Å². The lowest BCUT2D eigenvalue weighted by atomic mass is 10.00. The zero-order valence-corrected chi connectivity index (χ0v) is 11.6. The Kier molecular flexibility index (Phi) is 3.47. The Hall–Kier alpha value is -0.760. The highest BCUT2D eigenvalue weighted by molar-refractivity contribution is 5.17. The summed E-state index contributed by atoms with van der Waals surface area (Å²) in [6.07, 6.45) is 6.94. The molecule has 18 heavy (non-hydrogen) atoms. The van der Waals surface area contributed by atoms with Gasteiger partial charge in [-0.15, -0.1) is 0 Å². The van der Waals surface area contributed by atoms with Crippen LogP contribution in [0.5, 0.6) is 0 Å². The van der Waals surface area contributed by atoms with Crippen LogP contribution in [-0.4, -0.2) is 6.04 Å². The van der Waals surface area contributed by atoms with E-state index in [4.69, 9.17) is 4.42 Å². The number of furan rings is 1. The normalized spacial score (nSPS) is 29.7. The molecule has 2 nitrogen and oxygen atoms in total. The second-order valence-electron chi connectivity index (χ2n) is 6.34. The van der Waals surface area contributed by atoms with Gasteiger partial charge in [0.25, 0.3) is 0 Å². The first-order chi connectivity index (χ1) is 8.74. The van der Waals surface area contributed by atoms with E-state index < -0.39 is 0 Å². The largest absolute Gasteiger partial charge is 0.464 e. The molecule has 0 aliphatic heterocycles. The zero-order chi connectivity index (χ0) is 12.5. The molecule has 2 heteroatoms. The third kappa shape index (κ3) is 2.64. The SMILES string of the molecule is CC1CC1c1ccc(CNC(C)C2CCCC2)o1. The molecule has 0 spiro atoms. The van der Waals surface area contributed by atoms with Crippen LogP contribution in [0.1, 0.15) is 63.4 Å². The Morgan fingerprint density at radius 2 is 2.06 bits per heavy atom. The van der Waals surface area contributed by atoms with Gasteiger partial charge in [0.1, 0.15) is 11.5 Å². The van der Waals surface area contributed by atoms with Crippen molar-refractivity contribution in [2.75, 3.05) is 0 Å². The van der Waals surface area contributed by atoms with Crippen LogP contribution in [0.3, 0.4) is 0 Å². The maximum absolute atomic E-state index is 5.93. The van der Waals surface area contributed by atoms with Crippen molar-refractivity contribution in [3.05, 3.63) is 23.7 Å². The predicted molar refractivity (Wildman–Crippen MR) is 73.5 cm³/mol. The minimum Gasteiger partial charge on any atom is -0.464 e. The average Bonchev–Trinajstić information content (AvgIpc) is 2.87. The van der Waals surface area contributed by atoms with Crippen molar-refractivity contribution >= 4 is 0 Å². The third-order valence-corrected chi connectivity index (χ3v) is 4.86.